The summed E-state index contributed by atoms with van der Waals surface area (Å²) in [5.41, 5.74) is 1.74. The van der Waals surface area contributed by atoms with Gasteiger partial charge in [-0.2, -0.15) is 0 Å². The van der Waals surface area contributed by atoms with Gasteiger partial charge in [0, 0.05) is 37.7 Å². The number of hydrogen-bond donors (Lipinski definition) is 0. The van der Waals surface area contributed by atoms with Crippen molar-refractivity contribution in [1.82, 2.24) is 4.90 Å². The second-order valence-corrected chi connectivity index (χ2v) is 7.26. The Hall–Kier alpha value is -2.27. The van der Waals surface area contributed by atoms with Crippen LogP contribution in [-0.4, -0.2) is 29.9 Å². The molecule has 0 unspecified atom stereocenters. The molecule has 1 fully saturated rings. The predicted octanol–water partition coefficient (Wildman–Crippen LogP) is 5.04. The van der Waals surface area contributed by atoms with Gasteiger partial charge in [-0.05, 0) is 37.5 Å². The van der Waals surface area contributed by atoms with Crippen LogP contribution >= 0.6 is 0 Å². The Morgan fingerprint density at radius 2 is 1.81 bits per heavy atom. The van der Waals surface area contributed by atoms with Crippen LogP contribution in [0.5, 0.6) is 5.75 Å². The van der Waals surface area contributed by atoms with Crippen molar-refractivity contribution in [2.24, 2.45) is 0 Å². The number of carbonyl (C=O) groups is 1. The number of benzene rings is 2. The van der Waals surface area contributed by atoms with Crippen molar-refractivity contribution in [3.63, 3.8) is 0 Å². The van der Waals surface area contributed by atoms with E-state index in [9.17, 15) is 13.6 Å². The molecule has 0 spiro atoms. The highest BCUT2D eigenvalue weighted by Crippen LogP contribution is 2.27. The van der Waals surface area contributed by atoms with Crippen LogP contribution in [0.15, 0.2) is 48.5 Å². The summed E-state index contributed by atoms with van der Waals surface area (Å²) in [6, 6.07) is 13.9. The van der Waals surface area contributed by atoms with E-state index in [1.807, 2.05) is 12.1 Å². The quantitative estimate of drug-likeness (QED) is 0.664. The van der Waals surface area contributed by atoms with Gasteiger partial charge < -0.3 is 4.74 Å². The van der Waals surface area contributed by atoms with Crippen LogP contribution in [0, 0.1) is 0 Å². The molecule has 5 heteroatoms. The highest BCUT2D eigenvalue weighted by Gasteiger charge is 2.24. The lowest BCUT2D eigenvalue weighted by Crippen LogP contribution is -2.37. The van der Waals surface area contributed by atoms with Gasteiger partial charge >= 0.3 is 0 Å². The zero-order valence-corrected chi connectivity index (χ0v) is 15.8. The van der Waals surface area contributed by atoms with Gasteiger partial charge in [-0.1, -0.05) is 36.4 Å². The number of rotatable bonds is 6. The first-order valence-corrected chi connectivity index (χ1v) is 9.28. The van der Waals surface area contributed by atoms with E-state index in [1.54, 1.807) is 31.2 Å². The second-order valence-electron chi connectivity index (χ2n) is 7.26. The Morgan fingerprint density at radius 1 is 1.15 bits per heavy atom. The molecule has 1 heterocycles. The first kappa shape index (κ1) is 19.5. The molecule has 1 aliphatic heterocycles. The Morgan fingerprint density at radius 3 is 2.41 bits per heavy atom. The molecule has 144 valence electrons. The summed E-state index contributed by atoms with van der Waals surface area (Å²) in [5, 5.41) is 0. The van der Waals surface area contributed by atoms with Gasteiger partial charge in [-0.3, -0.25) is 9.69 Å². The summed E-state index contributed by atoms with van der Waals surface area (Å²) in [6.45, 7) is 5.00. The van der Waals surface area contributed by atoms with Gasteiger partial charge in [0.25, 0.3) is 5.92 Å². The minimum absolute atomic E-state index is 0.0297. The Balaban J connectivity index is 1.50. The molecule has 0 amide bonds. The van der Waals surface area contributed by atoms with E-state index in [-0.39, 0.29) is 17.5 Å². The fourth-order valence-electron chi connectivity index (χ4n) is 3.33. The smallest absolute Gasteiger partial charge is 0.270 e. The van der Waals surface area contributed by atoms with E-state index >= 15 is 0 Å². The van der Waals surface area contributed by atoms with E-state index in [0.717, 1.165) is 50.7 Å². The number of alkyl halides is 2. The molecule has 3 rings (SSSR count). The van der Waals surface area contributed by atoms with Crippen LogP contribution in [0.25, 0.3) is 0 Å². The van der Waals surface area contributed by atoms with E-state index in [2.05, 4.69) is 4.90 Å². The van der Waals surface area contributed by atoms with Crippen molar-refractivity contribution >= 4 is 5.78 Å². The number of ketones is 1. The number of hydrogen-bond acceptors (Lipinski definition) is 3. The molecule has 3 nitrogen and oxygen atoms in total. The molecule has 1 aliphatic rings. The summed E-state index contributed by atoms with van der Waals surface area (Å²) in [6.07, 6.45) is 1.93. The SMILES string of the molecule is CC(=O)c1cccc(OC2CCN(Cc3ccc(C(C)(F)F)cc3)CC2)c1. The van der Waals surface area contributed by atoms with Gasteiger partial charge in [0.1, 0.15) is 11.9 Å². The molecular formula is C22H25F2NO2. The normalized spacial score (nSPS) is 16.3. The summed E-state index contributed by atoms with van der Waals surface area (Å²) in [4.78, 5) is 13.8. The molecule has 0 N–H and O–H groups in total. The average molecular weight is 373 g/mol. The topological polar surface area (TPSA) is 29.5 Å². The monoisotopic (exact) mass is 373 g/mol. The standard InChI is InChI=1S/C22H25F2NO2/c1-16(26)18-4-3-5-21(14-18)27-20-10-12-25(13-11-20)15-17-6-8-19(9-7-17)22(2,23)24/h3-9,14,20H,10-13,15H2,1-2H3. The molecule has 1 saturated heterocycles. The lowest BCUT2D eigenvalue weighted by molar-refractivity contribution is 0.0174. The van der Waals surface area contributed by atoms with E-state index in [0.29, 0.717) is 5.56 Å². The summed E-state index contributed by atoms with van der Waals surface area (Å²) in [7, 11) is 0. The summed E-state index contributed by atoms with van der Waals surface area (Å²) in [5.74, 6) is -2.03. The number of Topliss-reactive ketones (excluding diaryl/α,β-unsaturated/α-hetero) is 1. The number of nitrogens with zero attached hydrogens (tertiary/aromatic N) is 1. The fraction of sp³-hybridized carbons (Fsp3) is 0.409. The maximum absolute atomic E-state index is 13.3. The van der Waals surface area contributed by atoms with Gasteiger partial charge in [0.05, 0.1) is 0 Å². The molecule has 0 saturated carbocycles. The average Bonchev–Trinajstić information content (AvgIpc) is 2.63. The molecule has 0 bridgehead atoms. The number of piperidine rings is 1. The van der Waals surface area contributed by atoms with Gasteiger partial charge in [-0.25, -0.2) is 8.78 Å². The van der Waals surface area contributed by atoms with E-state index in [1.165, 1.54) is 12.1 Å². The first-order chi connectivity index (χ1) is 12.8. The van der Waals surface area contributed by atoms with Crippen molar-refractivity contribution in [3.8, 4) is 5.75 Å². The Bertz CT molecular complexity index is 776. The zero-order valence-electron chi connectivity index (χ0n) is 15.8. The van der Waals surface area contributed by atoms with Gasteiger partial charge in [0.15, 0.2) is 5.78 Å². The van der Waals surface area contributed by atoms with Crippen molar-refractivity contribution < 1.29 is 18.3 Å². The van der Waals surface area contributed by atoms with Crippen LogP contribution in [0.4, 0.5) is 8.78 Å². The molecule has 2 aromatic carbocycles. The molecule has 2 aromatic rings. The van der Waals surface area contributed by atoms with Crippen LogP contribution in [0.2, 0.25) is 0 Å². The molecule has 27 heavy (non-hydrogen) atoms. The van der Waals surface area contributed by atoms with E-state index < -0.39 is 5.92 Å². The first-order valence-electron chi connectivity index (χ1n) is 9.28. The lowest BCUT2D eigenvalue weighted by Gasteiger charge is -2.32. The second kappa shape index (κ2) is 8.17. The lowest BCUT2D eigenvalue weighted by atomic mass is 10.0. The van der Waals surface area contributed by atoms with Gasteiger partial charge in [-0.15, -0.1) is 0 Å². The van der Waals surface area contributed by atoms with Crippen molar-refractivity contribution in [3.05, 3.63) is 65.2 Å². The molecule has 0 atom stereocenters. The van der Waals surface area contributed by atoms with Crippen molar-refractivity contribution in [2.75, 3.05) is 13.1 Å². The van der Waals surface area contributed by atoms with Crippen LogP contribution in [-0.2, 0) is 12.5 Å². The zero-order chi connectivity index (χ0) is 19.4. The van der Waals surface area contributed by atoms with E-state index in [4.69, 9.17) is 4.74 Å². The third kappa shape index (κ3) is 5.36. The maximum atomic E-state index is 13.3. The van der Waals surface area contributed by atoms with Crippen molar-refractivity contribution in [1.29, 1.82) is 0 Å². The third-order valence-corrected chi connectivity index (χ3v) is 4.94. The van der Waals surface area contributed by atoms with Crippen LogP contribution in [0.1, 0.15) is 48.2 Å². The number of halogens is 2. The Labute approximate surface area is 158 Å². The predicted molar refractivity (Wildman–Crippen MR) is 101 cm³/mol. The largest absolute Gasteiger partial charge is 0.490 e. The molecule has 0 radical (unpaired) electrons. The van der Waals surface area contributed by atoms with Crippen LogP contribution < -0.4 is 4.74 Å². The fourth-order valence-corrected chi connectivity index (χ4v) is 3.33. The van der Waals surface area contributed by atoms with Crippen molar-refractivity contribution in [2.45, 2.75) is 45.3 Å². The summed E-state index contributed by atoms with van der Waals surface area (Å²) >= 11 is 0. The molecular weight excluding hydrogens is 348 g/mol. The minimum atomic E-state index is -2.80. The molecule has 0 aliphatic carbocycles. The molecule has 0 aromatic heterocycles. The highest BCUT2D eigenvalue weighted by atomic mass is 19.3. The third-order valence-electron chi connectivity index (χ3n) is 4.94. The highest BCUT2D eigenvalue weighted by molar-refractivity contribution is 5.94. The van der Waals surface area contributed by atoms with Crippen LogP contribution in [0.3, 0.4) is 0 Å². The van der Waals surface area contributed by atoms with Gasteiger partial charge in [0.2, 0.25) is 0 Å². The number of carbonyl (C=O) groups excluding carboxylic acids is 1. The minimum Gasteiger partial charge on any atom is -0.490 e. The summed E-state index contributed by atoms with van der Waals surface area (Å²) < 4.78 is 32.6. The maximum Gasteiger partial charge on any atom is 0.270 e. The Kier molecular flexibility index (Phi) is 5.90. The number of ether oxygens (including phenoxy) is 1. The number of likely N-dealkylation sites (tertiary alicyclic amines) is 1.